The molecule has 0 aliphatic rings. The Morgan fingerprint density at radius 1 is 1.13 bits per heavy atom. The average molecular weight is 222 g/mol. The number of hydrogen-bond acceptors (Lipinski definition) is 1. The SMILES string of the molecule is CCN(CC)CC#Cc1ccc(Cl)cc1. The molecular weight excluding hydrogens is 206 g/mol. The fraction of sp³-hybridized carbons (Fsp3) is 0.385. The van der Waals surface area contributed by atoms with Crippen molar-refractivity contribution in [3.8, 4) is 11.8 Å². The third-order valence-electron chi connectivity index (χ3n) is 2.27. The fourth-order valence-electron chi connectivity index (χ4n) is 1.23. The van der Waals surface area contributed by atoms with Gasteiger partial charge >= 0.3 is 0 Å². The van der Waals surface area contributed by atoms with Crippen molar-refractivity contribution < 1.29 is 0 Å². The smallest absolute Gasteiger partial charge is 0.0605 e. The van der Waals surface area contributed by atoms with E-state index >= 15 is 0 Å². The maximum absolute atomic E-state index is 5.78. The Hall–Kier alpha value is -0.970. The van der Waals surface area contributed by atoms with Crippen molar-refractivity contribution in [1.29, 1.82) is 0 Å². The molecule has 1 aromatic rings. The topological polar surface area (TPSA) is 3.24 Å². The first-order chi connectivity index (χ1) is 7.26. The van der Waals surface area contributed by atoms with Crippen molar-refractivity contribution in [2.45, 2.75) is 13.8 Å². The summed E-state index contributed by atoms with van der Waals surface area (Å²) in [7, 11) is 0. The third-order valence-corrected chi connectivity index (χ3v) is 2.53. The number of hydrogen-bond donors (Lipinski definition) is 0. The van der Waals surface area contributed by atoms with Gasteiger partial charge in [0.05, 0.1) is 6.54 Å². The summed E-state index contributed by atoms with van der Waals surface area (Å²) in [6.07, 6.45) is 0. The third kappa shape index (κ3) is 4.38. The minimum absolute atomic E-state index is 0.754. The predicted octanol–water partition coefficient (Wildman–Crippen LogP) is 3.03. The molecular formula is C13H16ClN. The molecule has 0 saturated carbocycles. The Balaban J connectivity index is 2.54. The van der Waals surface area contributed by atoms with Crippen LogP contribution in [0.2, 0.25) is 5.02 Å². The summed E-state index contributed by atoms with van der Waals surface area (Å²) in [4.78, 5) is 2.28. The normalized spacial score (nSPS) is 9.87. The first-order valence-corrected chi connectivity index (χ1v) is 5.60. The fourth-order valence-corrected chi connectivity index (χ4v) is 1.36. The van der Waals surface area contributed by atoms with Crippen LogP contribution in [0.3, 0.4) is 0 Å². The Morgan fingerprint density at radius 3 is 2.27 bits per heavy atom. The van der Waals surface area contributed by atoms with Gasteiger partial charge in [0, 0.05) is 10.6 Å². The van der Waals surface area contributed by atoms with Crippen molar-refractivity contribution in [2.24, 2.45) is 0 Å². The first kappa shape index (κ1) is 12.1. The highest BCUT2D eigenvalue weighted by atomic mass is 35.5. The maximum Gasteiger partial charge on any atom is 0.0605 e. The van der Waals surface area contributed by atoms with Gasteiger partial charge in [-0.1, -0.05) is 37.3 Å². The first-order valence-electron chi connectivity index (χ1n) is 5.23. The summed E-state index contributed by atoms with van der Waals surface area (Å²) in [5, 5.41) is 0.754. The molecule has 0 saturated heterocycles. The van der Waals surface area contributed by atoms with Crippen LogP contribution in [0, 0.1) is 11.8 Å². The lowest BCUT2D eigenvalue weighted by atomic mass is 10.2. The van der Waals surface area contributed by atoms with E-state index in [-0.39, 0.29) is 0 Å². The average Bonchev–Trinajstić information content (AvgIpc) is 2.27. The molecule has 0 aliphatic carbocycles. The van der Waals surface area contributed by atoms with Crippen molar-refractivity contribution in [3.63, 3.8) is 0 Å². The van der Waals surface area contributed by atoms with E-state index in [1.807, 2.05) is 24.3 Å². The van der Waals surface area contributed by atoms with Gasteiger partial charge < -0.3 is 0 Å². The maximum atomic E-state index is 5.78. The molecule has 1 nitrogen and oxygen atoms in total. The minimum Gasteiger partial charge on any atom is -0.293 e. The van der Waals surface area contributed by atoms with Crippen LogP contribution in [0.5, 0.6) is 0 Å². The zero-order valence-corrected chi connectivity index (χ0v) is 10.0. The summed E-state index contributed by atoms with van der Waals surface area (Å²) < 4.78 is 0. The molecule has 0 fully saturated rings. The van der Waals surface area contributed by atoms with Gasteiger partial charge in [0.2, 0.25) is 0 Å². The zero-order chi connectivity index (χ0) is 11.1. The number of nitrogens with zero attached hydrogens (tertiary/aromatic N) is 1. The Kier molecular flexibility index (Phi) is 5.25. The molecule has 0 spiro atoms. The number of benzene rings is 1. The Morgan fingerprint density at radius 2 is 1.73 bits per heavy atom. The molecule has 0 atom stereocenters. The highest BCUT2D eigenvalue weighted by Crippen LogP contribution is 2.08. The predicted molar refractivity (Wildman–Crippen MR) is 66.1 cm³/mol. The van der Waals surface area contributed by atoms with Crippen LogP contribution in [0.25, 0.3) is 0 Å². The van der Waals surface area contributed by atoms with Crippen molar-refractivity contribution in [3.05, 3.63) is 34.9 Å². The van der Waals surface area contributed by atoms with Crippen LogP contribution >= 0.6 is 11.6 Å². The molecule has 80 valence electrons. The summed E-state index contributed by atoms with van der Waals surface area (Å²) in [6, 6.07) is 7.61. The van der Waals surface area contributed by atoms with Crippen molar-refractivity contribution in [2.75, 3.05) is 19.6 Å². The quantitative estimate of drug-likeness (QED) is 0.710. The molecule has 0 bridgehead atoms. The molecule has 1 rings (SSSR count). The van der Waals surface area contributed by atoms with Crippen LogP contribution in [-0.2, 0) is 0 Å². The number of halogens is 1. The highest BCUT2D eigenvalue weighted by molar-refractivity contribution is 6.30. The Bertz CT molecular complexity index is 341. The molecule has 15 heavy (non-hydrogen) atoms. The molecule has 1 aromatic carbocycles. The summed E-state index contributed by atoms with van der Waals surface area (Å²) in [5.74, 6) is 6.28. The molecule has 0 radical (unpaired) electrons. The summed E-state index contributed by atoms with van der Waals surface area (Å²) in [6.45, 7) is 7.22. The van der Waals surface area contributed by atoms with Crippen LogP contribution in [0.15, 0.2) is 24.3 Å². The van der Waals surface area contributed by atoms with Crippen LogP contribution < -0.4 is 0 Å². The van der Waals surface area contributed by atoms with Gasteiger partial charge in [0.1, 0.15) is 0 Å². The van der Waals surface area contributed by atoms with Crippen molar-refractivity contribution >= 4 is 11.6 Å². The van der Waals surface area contributed by atoms with Gasteiger partial charge in [-0.25, -0.2) is 0 Å². The van der Waals surface area contributed by atoms with Crippen molar-refractivity contribution in [1.82, 2.24) is 4.90 Å². The summed E-state index contributed by atoms with van der Waals surface area (Å²) >= 11 is 5.78. The standard InChI is InChI=1S/C13H16ClN/c1-3-15(4-2)11-5-6-12-7-9-13(14)10-8-12/h7-10H,3-4,11H2,1-2H3. The lowest BCUT2D eigenvalue weighted by Gasteiger charge is -2.13. The van der Waals surface area contributed by atoms with Crippen LogP contribution in [0.4, 0.5) is 0 Å². The second kappa shape index (κ2) is 6.50. The van der Waals surface area contributed by atoms with E-state index in [0.29, 0.717) is 0 Å². The second-order valence-electron chi connectivity index (χ2n) is 3.27. The molecule has 0 N–H and O–H groups in total. The molecule has 2 heteroatoms. The van der Waals surface area contributed by atoms with Gasteiger partial charge in [-0.05, 0) is 37.4 Å². The lowest BCUT2D eigenvalue weighted by Crippen LogP contribution is -2.22. The minimum atomic E-state index is 0.754. The van der Waals surface area contributed by atoms with Crippen LogP contribution in [-0.4, -0.2) is 24.5 Å². The van der Waals surface area contributed by atoms with Gasteiger partial charge in [0.25, 0.3) is 0 Å². The largest absolute Gasteiger partial charge is 0.293 e. The summed E-state index contributed by atoms with van der Waals surface area (Å²) in [5.41, 5.74) is 1.02. The highest BCUT2D eigenvalue weighted by Gasteiger charge is 1.93. The van der Waals surface area contributed by atoms with E-state index in [4.69, 9.17) is 11.6 Å². The van der Waals surface area contributed by atoms with E-state index in [0.717, 1.165) is 30.2 Å². The van der Waals surface area contributed by atoms with E-state index in [1.165, 1.54) is 0 Å². The van der Waals surface area contributed by atoms with Gasteiger partial charge in [-0.2, -0.15) is 0 Å². The molecule has 0 aromatic heterocycles. The molecule has 0 aliphatic heterocycles. The monoisotopic (exact) mass is 221 g/mol. The molecule has 0 amide bonds. The Labute approximate surface area is 97.0 Å². The molecule has 0 heterocycles. The number of rotatable bonds is 3. The van der Waals surface area contributed by atoms with E-state index in [1.54, 1.807) is 0 Å². The van der Waals surface area contributed by atoms with Gasteiger partial charge in [-0.3, -0.25) is 4.90 Å². The van der Waals surface area contributed by atoms with E-state index in [2.05, 4.69) is 30.6 Å². The second-order valence-corrected chi connectivity index (χ2v) is 3.71. The van der Waals surface area contributed by atoms with E-state index in [9.17, 15) is 0 Å². The lowest BCUT2D eigenvalue weighted by molar-refractivity contribution is 0.342. The van der Waals surface area contributed by atoms with Gasteiger partial charge in [0.15, 0.2) is 0 Å². The van der Waals surface area contributed by atoms with Gasteiger partial charge in [-0.15, -0.1) is 0 Å². The molecule has 0 unspecified atom stereocenters. The zero-order valence-electron chi connectivity index (χ0n) is 9.26. The van der Waals surface area contributed by atoms with E-state index < -0.39 is 0 Å². The van der Waals surface area contributed by atoms with Crippen LogP contribution in [0.1, 0.15) is 19.4 Å².